The molecule has 0 bridgehead atoms. The van der Waals surface area contributed by atoms with Crippen LogP contribution in [0, 0.1) is 0 Å². The summed E-state index contributed by atoms with van der Waals surface area (Å²) in [5, 5.41) is 4.04. The molecule has 0 radical (unpaired) electrons. The molecule has 0 unspecified atom stereocenters. The molecule has 1 aromatic heterocycles. The van der Waals surface area contributed by atoms with E-state index in [1.54, 1.807) is 6.07 Å². The number of pyridine rings is 1. The van der Waals surface area contributed by atoms with E-state index in [0.29, 0.717) is 22.8 Å². The molecule has 0 saturated heterocycles. The number of ether oxygens (including phenoxy) is 1. The summed E-state index contributed by atoms with van der Waals surface area (Å²) in [5.41, 5.74) is 2.21. The van der Waals surface area contributed by atoms with E-state index in [9.17, 15) is 4.79 Å². The van der Waals surface area contributed by atoms with Crippen molar-refractivity contribution in [3.05, 3.63) is 63.9 Å². The van der Waals surface area contributed by atoms with Crippen molar-refractivity contribution >= 4 is 40.9 Å². The molecule has 1 N–H and O–H groups in total. The summed E-state index contributed by atoms with van der Waals surface area (Å²) < 4.78 is 4.71. The average Bonchev–Trinajstić information content (AvgIpc) is 2.52. The highest BCUT2D eigenvalue weighted by Crippen LogP contribution is 2.26. The maximum atomic E-state index is 11.8. The van der Waals surface area contributed by atoms with E-state index >= 15 is 0 Å². The van der Waals surface area contributed by atoms with Gasteiger partial charge in [-0.05, 0) is 17.7 Å². The summed E-state index contributed by atoms with van der Waals surface area (Å²) in [4.78, 5) is 15.8. The van der Waals surface area contributed by atoms with Gasteiger partial charge in [-0.25, -0.2) is 9.78 Å². The van der Waals surface area contributed by atoms with E-state index < -0.39 is 5.97 Å². The highest BCUT2D eigenvalue weighted by atomic mass is 35.5. The summed E-state index contributed by atoms with van der Waals surface area (Å²) in [6.45, 7) is 4.19. The van der Waals surface area contributed by atoms with Gasteiger partial charge in [0.25, 0.3) is 0 Å². The van der Waals surface area contributed by atoms with Crippen LogP contribution < -0.4 is 5.32 Å². The monoisotopic (exact) mass is 336 g/mol. The zero-order valence-electron chi connectivity index (χ0n) is 11.9. The quantitative estimate of drug-likeness (QED) is 0.648. The lowest BCUT2D eigenvalue weighted by molar-refractivity contribution is 0.0594. The van der Waals surface area contributed by atoms with Crippen molar-refractivity contribution in [3.8, 4) is 0 Å². The largest absolute Gasteiger partial charge is 0.464 e. The Labute approximate surface area is 138 Å². The van der Waals surface area contributed by atoms with Crippen LogP contribution in [0.2, 0.25) is 10.2 Å². The van der Waals surface area contributed by atoms with Crippen molar-refractivity contribution in [1.82, 2.24) is 4.98 Å². The summed E-state index contributed by atoms with van der Waals surface area (Å²) >= 11 is 12.1. The van der Waals surface area contributed by atoms with Crippen molar-refractivity contribution in [2.45, 2.75) is 6.54 Å². The number of nitrogens with zero attached hydrogens (tertiary/aromatic N) is 1. The van der Waals surface area contributed by atoms with Gasteiger partial charge in [0, 0.05) is 22.8 Å². The Bertz CT molecular complexity index is 717. The third kappa shape index (κ3) is 3.59. The first-order valence-corrected chi connectivity index (χ1v) is 7.21. The molecule has 0 fully saturated rings. The van der Waals surface area contributed by atoms with E-state index in [1.807, 2.05) is 24.3 Å². The highest BCUT2D eigenvalue weighted by molar-refractivity contribution is 6.31. The fraction of sp³-hybridized carbons (Fsp3) is 0.125. The maximum absolute atomic E-state index is 11.8. The molecular weight excluding hydrogens is 323 g/mol. The average molecular weight is 337 g/mol. The van der Waals surface area contributed by atoms with Crippen molar-refractivity contribution in [1.29, 1.82) is 0 Å². The molecular formula is C16H14Cl2N2O2. The first kappa shape index (κ1) is 16.3. The van der Waals surface area contributed by atoms with Gasteiger partial charge in [0.15, 0.2) is 5.69 Å². The lowest BCUT2D eigenvalue weighted by Crippen LogP contribution is -2.10. The SMILES string of the molecule is C=Cc1c(NCc2ccccc2Cl)cc(Cl)nc1C(=O)OC. The first-order valence-electron chi connectivity index (χ1n) is 6.45. The molecule has 2 rings (SSSR count). The number of hydrogen-bond acceptors (Lipinski definition) is 4. The third-order valence-electron chi connectivity index (χ3n) is 3.04. The van der Waals surface area contributed by atoms with Crippen molar-refractivity contribution in [2.75, 3.05) is 12.4 Å². The fourth-order valence-corrected chi connectivity index (χ4v) is 2.36. The first-order chi connectivity index (χ1) is 10.6. The second-order valence-corrected chi connectivity index (χ2v) is 5.19. The minimum atomic E-state index is -0.571. The maximum Gasteiger partial charge on any atom is 0.357 e. The van der Waals surface area contributed by atoms with Gasteiger partial charge in [0.05, 0.1) is 7.11 Å². The number of benzene rings is 1. The molecule has 2 aromatic rings. The highest BCUT2D eigenvalue weighted by Gasteiger charge is 2.17. The van der Waals surface area contributed by atoms with Crippen LogP contribution in [0.4, 0.5) is 5.69 Å². The van der Waals surface area contributed by atoms with Gasteiger partial charge in [-0.2, -0.15) is 0 Å². The van der Waals surface area contributed by atoms with Crippen LogP contribution in [0.1, 0.15) is 21.6 Å². The smallest absolute Gasteiger partial charge is 0.357 e. The Kier molecular flexibility index (Phi) is 5.41. The Morgan fingerprint density at radius 1 is 1.41 bits per heavy atom. The van der Waals surface area contributed by atoms with Crippen LogP contribution in [0.15, 0.2) is 36.9 Å². The lowest BCUT2D eigenvalue weighted by atomic mass is 10.1. The number of carbonyl (C=O) groups excluding carboxylic acids is 1. The predicted molar refractivity (Wildman–Crippen MR) is 89.5 cm³/mol. The number of nitrogens with one attached hydrogen (secondary N) is 1. The normalized spacial score (nSPS) is 10.1. The molecule has 0 aliphatic heterocycles. The second kappa shape index (κ2) is 7.29. The number of anilines is 1. The minimum absolute atomic E-state index is 0.117. The Morgan fingerprint density at radius 2 is 2.14 bits per heavy atom. The Balaban J connectivity index is 2.34. The fourth-order valence-electron chi connectivity index (χ4n) is 1.96. The molecule has 0 aliphatic carbocycles. The van der Waals surface area contributed by atoms with Crippen LogP contribution in [-0.2, 0) is 11.3 Å². The van der Waals surface area contributed by atoms with Crippen LogP contribution >= 0.6 is 23.2 Å². The molecule has 4 nitrogen and oxygen atoms in total. The van der Waals surface area contributed by atoms with Crippen molar-refractivity contribution in [2.24, 2.45) is 0 Å². The zero-order chi connectivity index (χ0) is 16.1. The topological polar surface area (TPSA) is 51.2 Å². The van der Waals surface area contributed by atoms with Crippen LogP contribution in [0.25, 0.3) is 6.08 Å². The molecule has 0 aliphatic rings. The van der Waals surface area contributed by atoms with E-state index in [-0.39, 0.29) is 10.8 Å². The van der Waals surface area contributed by atoms with Crippen LogP contribution in [0.3, 0.4) is 0 Å². The lowest BCUT2D eigenvalue weighted by Gasteiger charge is -2.13. The van der Waals surface area contributed by atoms with Gasteiger partial charge in [-0.15, -0.1) is 0 Å². The summed E-state index contributed by atoms with van der Waals surface area (Å²) in [6.07, 6.45) is 1.53. The molecule has 0 amide bonds. The number of methoxy groups -OCH3 is 1. The third-order valence-corrected chi connectivity index (χ3v) is 3.60. The number of rotatable bonds is 5. The van der Waals surface area contributed by atoms with Crippen molar-refractivity contribution < 1.29 is 9.53 Å². The molecule has 0 atom stereocenters. The summed E-state index contributed by atoms with van der Waals surface area (Å²) in [7, 11) is 1.29. The predicted octanol–water partition coefficient (Wildman–Crippen LogP) is 4.43. The van der Waals surface area contributed by atoms with Gasteiger partial charge < -0.3 is 10.1 Å². The minimum Gasteiger partial charge on any atom is -0.464 e. The Morgan fingerprint density at radius 3 is 2.77 bits per heavy atom. The van der Waals surface area contributed by atoms with Crippen molar-refractivity contribution in [3.63, 3.8) is 0 Å². The van der Waals surface area contributed by atoms with Gasteiger partial charge in [0.1, 0.15) is 5.15 Å². The van der Waals surface area contributed by atoms with Gasteiger partial charge in [0.2, 0.25) is 0 Å². The number of esters is 1. The summed E-state index contributed by atoms with van der Waals surface area (Å²) in [6, 6.07) is 9.11. The van der Waals surface area contributed by atoms with E-state index in [0.717, 1.165) is 5.56 Å². The standard InChI is InChI=1S/C16H14Cl2N2O2/c1-3-11-13(8-14(18)20-15(11)16(21)22-2)19-9-10-6-4-5-7-12(10)17/h3-8H,1,9H2,2H3,(H,19,20). The van der Waals surface area contributed by atoms with Gasteiger partial charge in [-0.3, -0.25) is 0 Å². The van der Waals surface area contributed by atoms with Crippen LogP contribution in [0.5, 0.6) is 0 Å². The molecule has 0 saturated carbocycles. The number of hydrogen-bond donors (Lipinski definition) is 1. The van der Waals surface area contributed by atoms with E-state index in [2.05, 4.69) is 16.9 Å². The molecule has 6 heteroatoms. The zero-order valence-corrected chi connectivity index (χ0v) is 13.4. The van der Waals surface area contributed by atoms with Crippen LogP contribution in [-0.4, -0.2) is 18.1 Å². The number of aromatic nitrogens is 1. The van der Waals surface area contributed by atoms with Gasteiger partial charge in [-0.1, -0.05) is 54.1 Å². The van der Waals surface area contributed by atoms with E-state index in [4.69, 9.17) is 27.9 Å². The molecule has 1 aromatic carbocycles. The molecule has 114 valence electrons. The van der Waals surface area contributed by atoms with Gasteiger partial charge >= 0.3 is 5.97 Å². The molecule has 1 heterocycles. The second-order valence-electron chi connectivity index (χ2n) is 4.40. The Hall–Kier alpha value is -2.04. The van der Waals surface area contributed by atoms with E-state index in [1.165, 1.54) is 13.2 Å². The molecule has 0 spiro atoms. The number of halogens is 2. The molecule has 22 heavy (non-hydrogen) atoms. The number of carbonyl (C=O) groups is 1. The summed E-state index contributed by atoms with van der Waals surface area (Å²) in [5.74, 6) is -0.571.